The van der Waals surface area contributed by atoms with E-state index in [1.54, 1.807) is 0 Å². The van der Waals surface area contributed by atoms with Gasteiger partial charge in [-0.05, 0) is 165 Å². The third-order valence-corrected chi connectivity index (χ3v) is 14.3. The van der Waals surface area contributed by atoms with E-state index >= 15 is 0 Å². The zero-order valence-electron chi connectivity index (χ0n) is 17.6. The van der Waals surface area contributed by atoms with Crippen LogP contribution < -0.4 is 0 Å². The summed E-state index contributed by atoms with van der Waals surface area (Å²) in [5.41, 5.74) is 6.25. The molecule has 0 unspecified atom stereocenters. The minimum atomic E-state index is 0.941. The van der Waals surface area contributed by atoms with Crippen molar-refractivity contribution in [3.8, 4) is 0 Å². The van der Waals surface area contributed by atoms with Crippen LogP contribution in [-0.4, -0.2) is 0 Å². The van der Waals surface area contributed by atoms with E-state index in [2.05, 4.69) is 220 Å². The van der Waals surface area contributed by atoms with Crippen molar-refractivity contribution < 1.29 is 0 Å². The predicted octanol–water partition coefficient (Wildman–Crippen LogP) is 14.3. The van der Waals surface area contributed by atoms with E-state index in [1.807, 2.05) is 0 Å². The molecule has 0 saturated heterocycles. The van der Waals surface area contributed by atoms with Crippen molar-refractivity contribution in [2.24, 2.45) is 0 Å². The second kappa shape index (κ2) is 12.9. The summed E-state index contributed by atoms with van der Waals surface area (Å²) in [6.45, 7) is 0. The second-order valence-corrected chi connectivity index (χ2v) is 15.9. The Morgan fingerprint density at radius 3 is 1.00 bits per heavy atom. The summed E-state index contributed by atoms with van der Waals surface area (Å²) < 4.78 is 9.62. The van der Waals surface area contributed by atoms with Gasteiger partial charge in [0.2, 0.25) is 0 Å². The third-order valence-electron chi connectivity index (χ3n) is 5.26. The average molecular weight is 1120 g/mol. The van der Waals surface area contributed by atoms with Gasteiger partial charge in [-0.25, -0.2) is 0 Å². The first kappa shape index (κ1) is 30.4. The number of benzene rings is 4. The SMILES string of the molecule is Brc1ccc(/C(=C(\c2ccc(Br)cc2Br)c2ccc(Br)c(Br)c2Br)c2ccc(Br)c(Br)c2Br)c(Br)c1. The Kier molecular flexibility index (Phi) is 10.9. The third kappa shape index (κ3) is 6.33. The first-order chi connectivity index (χ1) is 17.0. The summed E-state index contributed by atoms with van der Waals surface area (Å²) in [5, 5.41) is 0. The van der Waals surface area contributed by atoms with E-state index in [4.69, 9.17) is 0 Å². The van der Waals surface area contributed by atoms with E-state index in [-0.39, 0.29) is 0 Å². The molecule has 0 nitrogen and oxygen atoms in total. The molecule has 0 spiro atoms. The molecule has 0 aliphatic carbocycles. The largest absolute Gasteiger partial charge is 0.0521 e. The summed E-state index contributed by atoms with van der Waals surface area (Å²) in [4.78, 5) is 0. The number of hydrogen-bond acceptors (Lipinski definition) is 0. The minimum absolute atomic E-state index is 0.941. The van der Waals surface area contributed by atoms with Crippen LogP contribution >= 0.6 is 159 Å². The van der Waals surface area contributed by atoms with E-state index in [9.17, 15) is 0 Å². The van der Waals surface area contributed by atoms with Crippen molar-refractivity contribution in [3.05, 3.63) is 128 Å². The topological polar surface area (TPSA) is 0 Å². The zero-order chi connectivity index (χ0) is 26.3. The van der Waals surface area contributed by atoms with Crippen molar-refractivity contribution >= 4 is 170 Å². The van der Waals surface area contributed by atoms with Gasteiger partial charge in [0.05, 0.1) is 0 Å². The minimum Gasteiger partial charge on any atom is -0.0521 e. The summed E-state index contributed by atoms with van der Waals surface area (Å²) >= 11 is 37.4. The lowest BCUT2D eigenvalue weighted by atomic mass is 9.86. The van der Waals surface area contributed by atoms with Gasteiger partial charge in [-0.3, -0.25) is 0 Å². The highest BCUT2D eigenvalue weighted by molar-refractivity contribution is 9.15. The Hall–Kier alpha value is 1.42. The summed E-state index contributed by atoms with van der Waals surface area (Å²) in [6.07, 6.45) is 0. The molecule has 0 amide bonds. The van der Waals surface area contributed by atoms with E-state index < -0.39 is 0 Å². The van der Waals surface area contributed by atoms with Gasteiger partial charge >= 0.3 is 0 Å². The fourth-order valence-electron chi connectivity index (χ4n) is 3.65. The van der Waals surface area contributed by atoms with E-state index in [0.717, 1.165) is 78.1 Å². The van der Waals surface area contributed by atoms with Gasteiger partial charge in [0.25, 0.3) is 0 Å². The molecule has 184 valence electrons. The molecule has 0 N–H and O–H groups in total. The quantitative estimate of drug-likeness (QED) is 0.141. The van der Waals surface area contributed by atoms with Crippen LogP contribution in [0, 0.1) is 0 Å². The van der Waals surface area contributed by atoms with Crippen molar-refractivity contribution in [2.75, 3.05) is 0 Å². The van der Waals surface area contributed by atoms with Gasteiger partial charge in [-0.2, -0.15) is 0 Å². The molecule has 4 aromatic rings. The fraction of sp³-hybridized carbons (Fsp3) is 0. The smallest absolute Gasteiger partial charge is 0.0465 e. The molecule has 0 bridgehead atoms. The van der Waals surface area contributed by atoms with Gasteiger partial charge in [0, 0.05) is 44.7 Å². The number of rotatable bonds is 4. The summed E-state index contributed by atoms with van der Waals surface area (Å²) in [6, 6.07) is 20.9. The molecule has 0 atom stereocenters. The molecular formula is C26H10Br10. The molecule has 0 aliphatic rings. The second-order valence-electron chi connectivity index (χ2n) is 7.44. The lowest BCUT2D eigenvalue weighted by Gasteiger charge is -2.23. The molecule has 0 radical (unpaired) electrons. The van der Waals surface area contributed by atoms with Crippen LogP contribution in [0.4, 0.5) is 0 Å². The Morgan fingerprint density at radius 2 is 0.667 bits per heavy atom. The number of hydrogen-bond donors (Lipinski definition) is 0. The highest BCUT2D eigenvalue weighted by atomic mass is 79.9. The van der Waals surface area contributed by atoms with Gasteiger partial charge in [-0.1, -0.05) is 88.0 Å². The standard InChI is InChI=1S/C26H10Br10/c27-11-1-3-13(19(31)9-11)21(15-5-7-17(29)25(35)23(15)33)22(14-4-2-12(28)10-20(14)32)16-6-8-18(30)26(36)24(16)34/h1-10H/b22-21-. The zero-order valence-corrected chi connectivity index (χ0v) is 33.4. The maximum absolute atomic E-state index is 3.87. The maximum atomic E-state index is 3.87. The first-order valence-electron chi connectivity index (χ1n) is 9.94. The molecule has 4 rings (SSSR count). The van der Waals surface area contributed by atoms with Gasteiger partial charge in [0.1, 0.15) is 0 Å². The maximum Gasteiger partial charge on any atom is 0.0465 e. The highest BCUT2D eigenvalue weighted by Crippen LogP contribution is 2.49. The van der Waals surface area contributed by atoms with Crippen LogP contribution in [0.1, 0.15) is 22.3 Å². The fourth-order valence-corrected chi connectivity index (χ4v) is 9.11. The lowest BCUT2D eigenvalue weighted by Crippen LogP contribution is -2.01. The van der Waals surface area contributed by atoms with Crippen LogP contribution in [0.25, 0.3) is 11.1 Å². The van der Waals surface area contributed by atoms with Gasteiger partial charge in [-0.15, -0.1) is 0 Å². The van der Waals surface area contributed by atoms with Crippen LogP contribution in [0.2, 0.25) is 0 Å². The van der Waals surface area contributed by atoms with Gasteiger partial charge in [0.15, 0.2) is 0 Å². The Bertz CT molecular complexity index is 1420. The first-order valence-corrected chi connectivity index (χ1v) is 17.9. The molecule has 0 fully saturated rings. The van der Waals surface area contributed by atoms with E-state index in [0.29, 0.717) is 0 Å². The molecule has 10 heteroatoms. The lowest BCUT2D eigenvalue weighted by molar-refractivity contribution is 1.41. The highest BCUT2D eigenvalue weighted by Gasteiger charge is 2.25. The van der Waals surface area contributed by atoms with Crippen molar-refractivity contribution in [2.45, 2.75) is 0 Å². The normalized spacial score (nSPS) is 12.1. The molecule has 0 aliphatic heterocycles. The summed E-state index contributed by atoms with van der Waals surface area (Å²) in [5.74, 6) is 0. The Labute approximate surface area is 293 Å². The molecule has 0 heterocycles. The molecule has 0 aromatic heterocycles. The molecule has 0 saturated carbocycles. The average Bonchev–Trinajstić information content (AvgIpc) is 2.82. The van der Waals surface area contributed by atoms with Crippen molar-refractivity contribution in [3.63, 3.8) is 0 Å². The molecule has 36 heavy (non-hydrogen) atoms. The Morgan fingerprint density at radius 1 is 0.333 bits per heavy atom. The predicted molar refractivity (Wildman–Crippen MR) is 188 cm³/mol. The number of halogens is 10. The van der Waals surface area contributed by atoms with Crippen LogP contribution in [-0.2, 0) is 0 Å². The molecular weight excluding hydrogens is 1110 g/mol. The van der Waals surface area contributed by atoms with Crippen LogP contribution in [0.15, 0.2) is 105 Å². The molecule has 4 aromatic carbocycles. The summed E-state index contributed by atoms with van der Waals surface area (Å²) in [7, 11) is 0. The van der Waals surface area contributed by atoms with Crippen LogP contribution in [0.5, 0.6) is 0 Å². The van der Waals surface area contributed by atoms with Gasteiger partial charge < -0.3 is 0 Å². The van der Waals surface area contributed by atoms with Crippen molar-refractivity contribution in [1.82, 2.24) is 0 Å². The van der Waals surface area contributed by atoms with Crippen molar-refractivity contribution in [1.29, 1.82) is 0 Å². The van der Waals surface area contributed by atoms with Crippen LogP contribution in [0.3, 0.4) is 0 Å². The Balaban J connectivity index is 2.29. The monoisotopic (exact) mass is 1110 g/mol. The van der Waals surface area contributed by atoms with E-state index in [1.165, 1.54) is 0 Å².